The first kappa shape index (κ1) is 29.7. The van der Waals surface area contributed by atoms with Crippen LogP contribution in [0.25, 0.3) is 0 Å². The van der Waals surface area contributed by atoms with Crippen molar-refractivity contribution < 1.29 is 29.5 Å². The minimum absolute atomic E-state index is 0.0347. The Hall–Kier alpha value is -3.88. The normalized spacial score (nSPS) is 11.5. The molecule has 0 aliphatic rings. The summed E-state index contributed by atoms with van der Waals surface area (Å²) in [5, 5.41) is 30.6. The quantitative estimate of drug-likeness (QED) is 0.163. The molecular weight excluding hydrogens is 494 g/mol. The Labute approximate surface area is 230 Å². The van der Waals surface area contributed by atoms with Crippen LogP contribution in [0.15, 0.2) is 103 Å². The Bertz CT molecular complexity index is 1130. The third kappa shape index (κ3) is 7.16. The number of benzene rings is 4. The third-order valence-corrected chi connectivity index (χ3v) is 6.75. The molecule has 0 amide bonds. The van der Waals surface area contributed by atoms with Crippen LogP contribution >= 0.6 is 0 Å². The first-order chi connectivity index (χ1) is 18.8. The first-order valence-electron chi connectivity index (χ1n) is 12.5. The number of hydrogen-bond donors (Lipinski definition) is 2. The van der Waals surface area contributed by atoms with E-state index >= 15 is 0 Å². The van der Waals surface area contributed by atoms with Gasteiger partial charge in [-0.25, -0.2) is 4.48 Å². The lowest BCUT2D eigenvalue weighted by Crippen LogP contribution is -2.53. The minimum atomic E-state index is -0.505. The Morgan fingerprint density at radius 1 is 0.590 bits per heavy atom. The van der Waals surface area contributed by atoms with Crippen molar-refractivity contribution in [1.82, 2.24) is 4.48 Å². The van der Waals surface area contributed by atoms with Crippen molar-refractivity contribution in [2.75, 3.05) is 41.5 Å². The summed E-state index contributed by atoms with van der Waals surface area (Å²) in [4.78, 5) is 0. The van der Waals surface area contributed by atoms with E-state index in [1.165, 1.54) is 0 Å². The van der Waals surface area contributed by atoms with Crippen molar-refractivity contribution >= 4 is 5.69 Å². The summed E-state index contributed by atoms with van der Waals surface area (Å²) in [5.74, 6) is 0.376. The number of phenolic OH excluding ortho intramolecular Hbond substituents is 2. The topological polar surface area (TPSA) is 91.2 Å². The number of quaternary nitrogens is 1. The van der Waals surface area contributed by atoms with Crippen LogP contribution in [0.1, 0.15) is 23.6 Å². The molecule has 2 N–H and O–H groups in total. The largest absolute Gasteiger partial charge is 0.872 e. The number of ether oxygens (including phenoxy) is 3. The molecule has 206 valence electrons. The molecule has 0 saturated heterocycles. The number of rotatable bonds is 10. The first-order valence-corrected chi connectivity index (χ1v) is 12.5. The summed E-state index contributed by atoms with van der Waals surface area (Å²) in [6, 6.07) is 30.9. The van der Waals surface area contributed by atoms with Crippen molar-refractivity contribution in [2.24, 2.45) is 0 Å². The Morgan fingerprint density at radius 2 is 0.949 bits per heavy atom. The summed E-state index contributed by atoms with van der Waals surface area (Å²) in [5.41, 5.74) is 3.55. The molecule has 4 aromatic carbocycles. The predicted molar refractivity (Wildman–Crippen MR) is 152 cm³/mol. The highest BCUT2D eigenvalue weighted by molar-refractivity contribution is 5.51. The fourth-order valence-corrected chi connectivity index (χ4v) is 4.70. The predicted octanol–water partition coefficient (Wildman–Crippen LogP) is 5.33. The van der Waals surface area contributed by atoms with Crippen LogP contribution in [0.3, 0.4) is 0 Å². The minimum Gasteiger partial charge on any atom is -0.872 e. The molecule has 4 aromatic rings. The van der Waals surface area contributed by atoms with Gasteiger partial charge in [0.25, 0.3) is 0 Å². The van der Waals surface area contributed by atoms with E-state index in [4.69, 9.17) is 14.2 Å². The van der Waals surface area contributed by atoms with Gasteiger partial charge in [-0.05, 0) is 60.0 Å². The number of nitrogens with zero attached hydrogens (tertiary/aromatic N) is 1. The molecule has 0 atom stereocenters. The zero-order valence-electron chi connectivity index (χ0n) is 22.9. The molecule has 0 radical (unpaired) electrons. The molecule has 0 aliphatic heterocycles. The van der Waals surface area contributed by atoms with Gasteiger partial charge in [0.1, 0.15) is 17.2 Å². The van der Waals surface area contributed by atoms with Crippen LogP contribution in [0.5, 0.6) is 17.2 Å². The number of methoxy groups -OCH3 is 3. The highest BCUT2D eigenvalue weighted by atomic mass is 16.5. The van der Waals surface area contributed by atoms with Crippen molar-refractivity contribution in [3.05, 3.63) is 120 Å². The molecule has 39 heavy (non-hydrogen) atoms. The second-order valence-corrected chi connectivity index (χ2v) is 9.48. The molecule has 0 aliphatic carbocycles. The summed E-state index contributed by atoms with van der Waals surface area (Å²) < 4.78 is 16.3. The molecule has 0 spiro atoms. The van der Waals surface area contributed by atoms with Gasteiger partial charge in [-0.1, -0.05) is 66.7 Å². The van der Waals surface area contributed by atoms with E-state index in [1.54, 1.807) is 57.7 Å². The van der Waals surface area contributed by atoms with Gasteiger partial charge in [0.05, 0.1) is 0 Å². The smallest absolute Gasteiger partial charge is 0.191 e. The summed E-state index contributed by atoms with van der Waals surface area (Å²) >= 11 is 0. The molecule has 7 heteroatoms. The fourth-order valence-electron chi connectivity index (χ4n) is 4.70. The lowest BCUT2D eigenvalue weighted by Gasteiger charge is -2.35. The van der Waals surface area contributed by atoms with Crippen LogP contribution in [-0.2, 0) is 19.6 Å². The van der Waals surface area contributed by atoms with Gasteiger partial charge in [-0.3, -0.25) is 0 Å². The van der Waals surface area contributed by atoms with Crippen LogP contribution in [0.4, 0.5) is 5.69 Å². The molecule has 0 heterocycles. The molecule has 0 saturated carbocycles. The van der Waals surface area contributed by atoms with Crippen molar-refractivity contribution in [3.63, 3.8) is 0 Å². The number of phenols is 2. The molecule has 0 fully saturated rings. The maximum Gasteiger partial charge on any atom is 0.191 e. The average Bonchev–Trinajstić information content (AvgIpc) is 2.95. The van der Waals surface area contributed by atoms with E-state index in [-0.39, 0.29) is 17.2 Å². The van der Waals surface area contributed by atoms with E-state index in [0.717, 1.165) is 22.4 Å². The Balaban J connectivity index is 0.000000231. The second kappa shape index (κ2) is 13.8. The summed E-state index contributed by atoms with van der Waals surface area (Å²) in [6.07, 6.45) is 0. The zero-order valence-corrected chi connectivity index (χ0v) is 22.9. The van der Waals surface area contributed by atoms with E-state index in [9.17, 15) is 15.3 Å². The highest BCUT2D eigenvalue weighted by Gasteiger charge is 2.31. The maximum absolute atomic E-state index is 11.4. The SMILES string of the molecule is CC(c1ccc([O-])cc1)(c1ccc(O)cc1)c1ccc(O)cc1.COC[N+](COC)(COC)c1ccccc1. The number of aromatic hydroxyl groups is 2. The average molecular weight is 532 g/mol. The van der Waals surface area contributed by atoms with Gasteiger partial charge < -0.3 is 29.5 Å². The van der Waals surface area contributed by atoms with Crippen LogP contribution < -0.4 is 9.59 Å². The van der Waals surface area contributed by atoms with Gasteiger partial charge in [0.2, 0.25) is 0 Å². The molecule has 7 nitrogen and oxygen atoms in total. The second-order valence-electron chi connectivity index (χ2n) is 9.48. The van der Waals surface area contributed by atoms with Crippen LogP contribution in [0, 0.1) is 0 Å². The van der Waals surface area contributed by atoms with E-state index in [1.807, 2.05) is 54.6 Å². The fraction of sp³-hybridized carbons (Fsp3) is 0.250. The summed E-state index contributed by atoms with van der Waals surface area (Å²) in [6.45, 7) is 3.62. The Kier molecular flexibility index (Phi) is 10.5. The third-order valence-electron chi connectivity index (χ3n) is 6.75. The molecule has 0 unspecified atom stereocenters. The van der Waals surface area contributed by atoms with E-state index in [0.29, 0.717) is 24.7 Å². The molecule has 0 bridgehead atoms. The van der Waals surface area contributed by atoms with Crippen LogP contribution in [0.2, 0.25) is 0 Å². The number of para-hydroxylation sites is 1. The van der Waals surface area contributed by atoms with Gasteiger partial charge in [-0.15, -0.1) is 5.75 Å². The maximum atomic E-state index is 11.4. The lowest BCUT2D eigenvalue weighted by atomic mass is 9.71. The zero-order chi connectivity index (χ0) is 28.3. The van der Waals surface area contributed by atoms with Gasteiger partial charge >= 0.3 is 0 Å². The van der Waals surface area contributed by atoms with Gasteiger partial charge in [0, 0.05) is 26.7 Å². The van der Waals surface area contributed by atoms with Gasteiger partial charge in [-0.2, -0.15) is 0 Å². The van der Waals surface area contributed by atoms with Crippen LogP contribution in [-0.4, -0.2) is 51.7 Å². The standard InChI is InChI=1S/C20H18O3.C12H20NO3/c1-20(14-2-8-17(21)9-3-14,15-4-10-18(22)11-5-15)16-6-12-19(23)13-7-16;1-14-9-13(10-15-2,11-16-3)12-7-5-4-6-8-12/h2-13,21-23H,1H3;4-8H,9-11H2,1-3H3/q;+1/p-1. The van der Waals surface area contributed by atoms with E-state index < -0.39 is 5.41 Å². The molecular formula is C32H37NO6. The van der Waals surface area contributed by atoms with Crippen molar-refractivity contribution in [1.29, 1.82) is 0 Å². The van der Waals surface area contributed by atoms with Crippen molar-refractivity contribution in [3.8, 4) is 17.2 Å². The number of hydrogen-bond acceptors (Lipinski definition) is 6. The highest BCUT2D eigenvalue weighted by Crippen LogP contribution is 2.40. The monoisotopic (exact) mass is 531 g/mol. The summed E-state index contributed by atoms with van der Waals surface area (Å²) in [7, 11) is 5.05. The van der Waals surface area contributed by atoms with Gasteiger partial charge in [0.15, 0.2) is 20.2 Å². The molecule has 4 rings (SSSR count). The van der Waals surface area contributed by atoms with E-state index in [2.05, 4.69) is 19.1 Å². The van der Waals surface area contributed by atoms with Crippen molar-refractivity contribution in [2.45, 2.75) is 12.3 Å². The Morgan fingerprint density at radius 3 is 1.31 bits per heavy atom. The molecule has 0 aromatic heterocycles. The lowest BCUT2D eigenvalue weighted by molar-refractivity contribution is -0.268.